The number of nitrogens with zero attached hydrogens (tertiary/aromatic N) is 3. The number of fused-ring (bicyclic) bond motifs is 1. The Morgan fingerprint density at radius 3 is 2.94 bits per heavy atom. The van der Waals surface area contributed by atoms with Crippen LogP contribution in [0.2, 0.25) is 0 Å². The van der Waals surface area contributed by atoms with E-state index in [0.717, 1.165) is 35.6 Å². The third-order valence-corrected chi connectivity index (χ3v) is 2.60. The van der Waals surface area contributed by atoms with Crippen LogP contribution >= 0.6 is 0 Å². The molecule has 4 radical (unpaired) electrons. The molecule has 2 rings (SSSR count). The zero-order valence-electron chi connectivity index (χ0n) is 9.48. The Bertz CT molecular complexity index is 487. The van der Waals surface area contributed by atoms with Gasteiger partial charge in [-0.1, -0.05) is 13.3 Å². The molecule has 2 heterocycles. The number of rotatable bonds is 5. The van der Waals surface area contributed by atoms with Crippen LogP contribution in [0.1, 0.15) is 24.6 Å². The standard InChI is InChI=1S/C10H12B3N3/c1-2-3-7-5-14-8(4-12-13-11)10-9(7)15-6-16-10/h5H,2-4,6H2,1H3. The molecule has 0 aliphatic carbocycles. The predicted molar refractivity (Wildman–Crippen MR) is 66.4 cm³/mol. The third kappa shape index (κ3) is 2.20. The molecule has 6 heteroatoms. The van der Waals surface area contributed by atoms with E-state index in [-0.39, 0.29) is 0 Å². The minimum absolute atomic E-state index is 0.539. The summed E-state index contributed by atoms with van der Waals surface area (Å²) in [5, 5.41) is 2.00. The van der Waals surface area contributed by atoms with E-state index in [4.69, 9.17) is 7.74 Å². The maximum absolute atomic E-state index is 5.34. The molecule has 0 saturated heterocycles. The van der Waals surface area contributed by atoms with Gasteiger partial charge >= 0.3 is 0 Å². The van der Waals surface area contributed by atoms with E-state index in [2.05, 4.69) is 21.9 Å². The molecule has 0 bridgehead atoms. The van der Waals surface area contributed by atoms with Crippen molar-refractivity contribution in [2.75, 3.05) is 6.67 Å². The normalized spacial score (nSPS) is 12.6. The molecule has 1 aliphatic rings. The summed E-state index contributed by atoms with van der Waals surface area (Å²) in [5.41, 5.74) is 2.18. The molecule has 0 fully saturated rings. The summed E-state index contributed by atoms with van der Waals surface area (Å²) < 4.78 is 0. The highest BCUT2D eigenvalue weighted by Gasteiger charge is 2.08. The zero-order valence-corrected chi connectivity index (χ0v) is 9.48. The second-order valence-corrected chi connectivity index (χ2v) is 3.77. The molecule has 76 valence electrons. The van der Waals surface area contributed by atoms with Crippen molar-refractivity contribution in [1.29, 1.82) is 0 Å². The summed E-state index contributed by atoms with van der Waals surface area (Å²) in [6, 6.07) is 0. The van der Waals surface area contributed by atoms with Gasteiger partial charge in [-0.3, -0.25) is 15.0 Å². The average molecular weight is 207 g/mol. The van der Waals surface area contributed by atoms with Crippen LogP contribution in [0.5, 0.6) is 0 Å². The molecule has 0 unspecified atom stereocenters. The van der Waals surface area contributed by atoms with Crippen molar-refractivity contribution < 1.29 is 0 Å². The minimum Gasteiger partial charge on any atom is -0.259 e. The zero-order chi connectivity index (χ0) is 11.4. The van der Waals surface area contributed by atoms with Crippen molar-refractivity contribution in [1.82, 2.24) is 4.98 Å². The molecule has 0 N–H and O–H groups in total. The summed E-state index contributed by atoms with van der Waals surface area (Å²) in [6.07, 6.45) is 4.77. The number of hydrogen-bond donors (Lipinski definition) is 0. The minimum atomic E-state index is 0.539. The highest BCUT2D eigenvalue weighted by atomic mass is 15.0. The number of aryl methyl sites for hydroxylation is 1. The third-order valence-electron chi connectivity index (χ3n) is 2.60. The molecular weight excluding hydrogens is 195 g/mol. The molecule has 0 amide bonds. The summed E-state index contributed by atoms with van der Waals surface area (Å²) >= 11 is 0. The molecule has 0 atom stereocenters. The largest absolute Gasteiger partial charge is 0.259 e. The first-order valence-electron chi connectivity index (χ1n) is 5.59. The number of aromatic nitrogens is 1. The van der Waals surface area contributed by atoms with E-state index in [9.17, 15) is 0 Å². The van der Waals surface area contributed by atoms with Crippen LogP contribution in [-0.4, -0.2) is 33.6 Å². The van der Waals surface area contributed by atoms with Crippen LogP contribution in [0.4, 0.5) is 0 Å². The molecule has 0 spiro atoms. The van der Waals surface area contributed by atoms with Gasteiger partial charge in [0.05, 0.1) is 18.2 Å². The first kappa shape index (κ1) is 11.4. The fourth-order valence-electron chi connectivity index (χ4n) is 1.87. The van der Waals surface area contributed by atoms with Gasteiger partial charge in [0.25, 0.3) is 0 Å². The van der Waals surface area contributed by atoms with Crippen molar-refractivity contribution in [3.05, 3.63) is 28.2 Å². The molecular formula is C10H12B3N3. The van der Waals surface area contributed by atoms with Gasteiger partial charge in [0.1, 0.15) is 12.0 Å². The average Bonchev–Trinajstić information content (AvgIpc) is 2.78. The van der Waals surface area contributed by atoms with Crippen LogP contribution in [0.25, 0.3) is 0 Å². The number of hydrogen-bond acceptors (Lipinski definition) is 3. The molecule has 16 heavy (non-hydrogen) atoms. The van der Waals surface area contributed by atoms with Gasteiger partial charge in [-0.05, 0) is 18.3 Å². The lowest BCUT2D eigenvalue weighted by atomic mass is 9.27. The number of pyridine rings is 1. The SMILES string of the molecule is [B][B][B]Cc1ncc(CCC)c2c1=NCN=2. The maximum atomic E-state index is 5.34. The van der Waals surface area contributed by atoms with Crippen LogP contribution in [0, 0.1) is 0 Å². The van der Waals surface area contributed by atoms with E-state index in [1.54, 1.807) is 7.06 Å². The second kappa shape index (κ2) is 5.33. The van der Waals surface area contributed by atoms with Gasteiger partial charge in [0.15, 0.2) is 0 Å². The Morgan fingerprint density at radius 2 is 2.19 bits per heavy atom. The van der Waals surface area contributed by atoms with Crippen molar-refractivity contribution in [3.8, 4) is 0 Å². The monoisotopic (exact) mass is 207 g/mol. The fourth-order valence-corrected chi connectivity index (χ4v) is 1.87. The summed E-state index contributed by atoms with van der Waals surface area (Å²) in [7, 11) is 8.76. The molecule has 1 aromatic heterocycles. The predicted octanol–water partition coefficient (Wildman–Crippen LogP) is -0.849. The summed E-state index contributed by atoms with van der Waals surface area (Å²) in [4.78, 5) is 13.3. The Hall–Kier alpha value is -1.06. The Morgan fingerprint density at radius 1 is 1.38 bits per heavy atom. The lowest BCUT2D eigenvalue weighted by Gasteiger charge is -2.02. The quantitative estimate of drug-likeness (QED) is 0.579. The van der Waals surface area contributed by atoms with Crippen molar-refractivity contribution in [2.45, 2.75) is 26.1 Å². The lowest BCUT2D eigenvalue weighted by Crippen LogP contribution is -2.32. The molecule has 0 aromatic carbocycles. The van der Waals surface area contributed by atoms with E-state index in [1.165, 1.54) is 5.56 Å². The summed E-state index contributed by atoms with van der Waals surface area (Å²) in [6.45, 7) is 2.70. The van der Waals surface area contributed by atoms with E-state index < -0.39 is 0 Å². The summed E-state index contributed by atoms with van der Waals surface area (Å²) in [5.74, 6) is 0. The second-order valence-electron chi connectivity index (χ2n) is 3.77. The van der Waals surface area contributed by atoms with Crippen molar-refractivity contribution in [3.63, 3.8) is 0 Å². The molecule has 0 saturated carbocycles. The maximum Gasteiger partial charge on any atom is 0.131 e. The van der Waals surface area contributed by atoms with Gasteiger partial charge in [0, 0.05) is 21.0 Å². The highest BCUT2D eigenvalue weighted by molar-refractivity contribution is 7.23. The molecule has 1 aromatic rings. The van der Waals surface area contributed by atoms with E-state index >= 15 is 0 Å². The van der Waals surface area contributed by atoms with Gasteiger partial charge < -0.3 is 0 Å². The Labute approximate surface area is 98.4 Å². The van der Waals surface area contributed by atoms with Gasteiger partial charge in [-0.2, -0.15) is 0 Å². The Kier molecular flexibility index (Phi) is 3.81. The van der Waals surface area contributed by atoms with Crippen LogP contribution in [0.15, 0.2) is 16.2 Å². The van der Waals surface area contributed by atoms with E-state index in [1.807, 2.05) is 13.4 Å². The smallest absolute Gasteiger partial charge is 0.131 e. The first-order chi connectivity index (χ1) is 7.86. The Balaban J connectivity index is 2.39. The molecule has 3 nitrogen and oxygen atoms in total. The van der Waals surface area contributed by atoms with Crippen molar-refractivity contribution in [2.24, 2.45) is 9.98 Å². The molecule has 1 aliphatic heterocycles. The van der Waals surface area contributed by atoms with Crippen LogP contribution in [-0.2, 0) is 12.7 Å². The first-order valence-corrected chi connectivity index (χ1v) is 5.59. The highest BCUT2D eigenvalue weighted by Crippen LogP contribution is 1.97. The fraction of sp³-hybridized carbons (Fsp3) is 0.500. The van der Waals surface area contributed by atoms with Gasteiger partial charge in [-0.15, -0.1) is 0 Å². The van der Waals surface area contributed by atoms with Gasteiger partial charge in [0.2, 0.25) is 0 Å². The van der Waals surface area contributed by atoms with Crippen molar-refractivity contribution >= 4 is 22.0 Å². The van der Waals surface area contributed by atoms with E-state index in [0.29, 0.717) is 6.67 Å². The van der Waals surface area contributed by atoms with Crippen LogP contribution < -0.4 is 10.7 Å². The van der Waals surface area contributed by atoms with Crippen LogP contribution in [0.3, 0.4) is 0 Å². The van der Waals surface area contributed by atoms with Gasteiger partial charge in [-0.25, -0.2) is 0 Å². The lowest BCUT2D eigenvalue weighted by molar-refractivity contribution is 0.887. The topological polar surface area (TPSA) is 37.6 Å².